The highest BCUT2D eigenvalue weighted by atomic mass is 127. The smallest absolute Gasteiger partial charge is 0.336 e. The number of carbonyl (C=O) groups excluding carboxylic acids is 2. The van der Waals surface area contributed by atoms with Gasteiger partial charge in [0.1, 0.15) is 0 Å². The molecule has 0 saturated carbocycles. The average molecular weight is 479 g/mol. The molecule has 144 valence electrons. The quantitative estimate of drug-likeness (QED) is 0.496. The van der Waals surface area contributed by atoms with Crippen LogP contribution < -0.4 is 5.32 Å². The summed E-state index contributed by atoms with van der Waals surface area (Å²) in [7, 11) is 0. The van der Waals surface area contributed by atoms with Crippen molar-refractivity contribution in [2.75, 3.05) is 6.61 Å². The number of Topliss-reactive ketones (excluding diaryl/α,β-unsaturated/α-hetero) is 1. The van der Waals surface area contributed by atoms with Crippen LogP contribution in [0.25, 0.3) is 0 Å². The molecule has 1 aromatic rings. The molecule has 0 radical (unpaired) electrons. The van der Waals surface area contributed by atoms with Crippen molar-refractivity contribution >= 4 is 34.3 Å². The summed E-state index contributed by atoms with van der Waals surface area (Å²) in [4.78, 5) is 26.0. The van der Waals surface area contributed by atoms with Crippen molar-refractivity contribution in [3.05, 3.63) is 55.9 Å². The van der Waals surface area contributed by atoms with Gasteiger partial charge in [-0.05, 0) is 65.5 Å². The first kappa shape index (κ1) is 20.1. The van der Waals surface area contributed by atoms with Crippen molar-refractivity contribution in [3.63, 3.8) is 0 Å². The average Bonchev–Trinajstić information content (AvgIpc) is 2.59. The molecule has 0 bridgehead atoms. The van der Waals surface area contributed by atoms with Gasteiger partial charge in [-0.15, -0.1) is 0 Å². The number of hydrogen-bond acceptors (Lipinski definition) is 4. The first-order valence-electron chi connectivity index (χ1n) is 9.46. The van der Waals surface area contributed by atoms with Gasteiger partial charge in [0.05, 0.1) is 12.2 Å². The molecular weight excluding hydrogens is 453 g/mol. The molecule has 0 saturated heterocycles. The molecule has 5 heteroatoms. The molecule has 0 amide bonds. The van der Waals surface area contributed by atoms with Gasteiger partial charge in [-0.2, -0.15) is 0 Å². The van der Waals surface area contributed by atoms with E-state index in [1.807, 2.05) is 25.1 Å². The lowest BCUT2D eigenvalue weighted by Crippen LogP contribution is -2.39. The largest absolute Gasteiger partial charge is 0.463 e. The van der Waals surface area contributed by atoms with E-state index in [1.165, 1.54) is 0 Å². The van der Waals surface area contributed by atoms with Crippen LogP contribution in [0.4, 0.5) is 0 Å². The standard InChI is InChI=1S/C22H26INO3/c1-5-15-20(21(26)27-6-2)18(13-8-7-9-14(23)10-13)19-16(24-15)11-22(3,4)12-17(19)25/h7-10,18,24H,5-6,11-12H2,1-4H3. The highest BCUT2D eigenvalue weighted by Gasteiger charge is 2.43. The van der Waals surface area contributed by atoms with Gasteiger partial charge in [-0.25, -0.2) is 4.79 Å². The predicted molar refractivity (Wildman–Crippen MR) is 114 cm³/mol. The second-order valence-electron chi connectivity index (χ2n) is 7.91. The van der Waals surface area contributed by atoms with Crippen LogP contribution in [0.3, 0.4) is 0 Å². The molecule has 0 spiro atoms. The van der Waals surface area contributed by atoms with E-state index >= 15 is 0 Å². The molecule has 1 heterocycles. The van der Waals surface area contributed by atoms with E-state index in [2.05, 4.69) is 47.8 Å². The molecule has 0 fully saturated rings. The van der Waals surface area contributed by atoms with E-state index in [0.717, 1.165) is 32.5 Å². The molecule has 1 unspecified atom stereocenters. The van der Waals surface area contributed by atoms with Gasteiger partial charge in [0.25, 0.3) is 0 Å². The number of ether oxygens (including phenoxy) is 1. The summed E-state index contributed by atoms with van der Waals surface area (Å²) < 4.78 is 6.46. The zero-order valence-electron chi connectivity index (χ0n) is 16.3. The number of halogens is 1. The first-order chi connectivity index (χ1) is 12.8. The molecule has 3 rings (SSSR count). The Morgan fingerprint density at radius 3 is 2.67 bits per heavy atom. The Labute approximate surface area is 174 Å². The molecule has 4 nitrogen and oxygen atoms in total. The van der Waals surface area contributed by atoms with Crippen molar-refractivity contribution in [2.45, 2.75) is 52.9 Å². The maximum absolute atomic E-state index is 13.2. The molecule has 1 N–H and O–H groups in total. The number of esters is 1. The first-order valence-corrected chi connectivity index (χ1v) is 10.5. The number of allylic oxidation sites excluding steroid dienone is 3. The third kappa shape index (κ3) is 3.98. The highest BCUT2D eigenvalue weighted by molar-refractivity contribution is 14.1. The molecule has 1 aliphatic carbocycles. The fourth-order valence-electron chi connectivity index (χ4n) is 4.10. The molecular formula is C22H26INO3. The summed E-state index contributed by atoms with van der Waals surface area (Å²) in [5.74, 6) is -0.585. The Balaban J connectivity index is 2.22. The van der Waals surface area contributed by atoms with Gasteiger partial charge >= 0.3 is 5.97 Å². The minimum Gasteiger partial charge on any atom is -0.463 e. The second-order valence-corrected chi connectivity index (χ2v) is 9.16. The minimum atomic E-state index is -0.367. The fourth-order valence-corrected chi connectivity index (χ4v) is 4.66. The van der Waals surface area contributed by atoms with Gasteiger partial charge in [0.2, 0.25) is 0 Å². The summed E-state index contributed by atoms with van der Waals surface area (Å²) in [6.45, 7) is 8.37. The zero-order valence-corrected chi connectivity index (χ0v) is 18.5. The van der Waals surface area contributed by atoms with E-state index in [-0.39, 0.29) is 23.1 Å². The van der Waals surface area contributed by atoms with Gasteiger partial charge in [0, 0.05) is 32.9 Å². The Hall–Kier alpha value is -1.63. The lowest BCUT2D eigenvalue weighted by Gasteiger charge is -2.40. The summed E-state index contributed by atoms with van der Waals surface area (Å²) in [5, 5.41) is 3.43. The van der Waals surface area contributed by atoms with E-state index < -0.39 is 0 Å². The van der Waals surface area contributed by atoms with Crippen molar-refractivity contribution in [1.82, 2.24) is 5.32 Å². The third-order valence-electron chi connectivity index (χ3n) is 5.16. The fraction of sp³-hybridized carbons (Fsp3) is 0.455. The lowest BCUT2D eigenvalue weighted by molar-refractivity contribution is -0.138. The Bertz CT molecular complexity index is 851. The summed E-state index contributed by atoms with van der Waals surface area (Å²) in [5.41, 5.74) is 4.02. The Morgan fingerprint density at radius 2 is 2.04 bits per heavy atom. The Morgan fingerprint density at radius 1 is 1.30 bits per heavy atom. The number of nitrogens with one attached hydrogen (secondary N) is 1. The normalized spacial score (nSPS) is 21.7. The SMILES string of the molecule is CCOC(=O)C1=C(CC)NC2=C(C(=O)CC(C)(C)C2)C1c1cccc(I)c1. The summed E-state index contributed by atoms with van der Waals surface area (Å²) in [6.07, 6.45) is 1.97. The van der Waals surface area contributed by atoms with Crippen LogP contribution in [-0.2, 0) is 14.3 Å². The van der Waals surface area contributed by atoms with E-state index in [0.29, 0.717) is 25.0 Å². The van der Waals surface area contributed by atoms with Gasteiger partial charge < -0.3 is 10.1 Å². The number of ketones is 1. The number of benzene rings is 1. The van der Waals surface area contributed by atoms with Crippen molar-refractivity contribution in [2.24, 2.45) is 5.41 Å². The maximum Gasteiger partial charge on any atom is 0.336 e. The van der Waals surface area contributed by atoms with Crippen molar-refractivity contribution in [3.8, 4) is 0 Å². The molecule has 1 aliphatic heterocycles. The Kier molecular flexibility index (Phi) is 5.79. The lowest BCUT2D eigenvalue weighted by atomic mass is 9.68. The zero-order chi connectivity index (χ0) is 19.8. The number of rotatable bonds is 4. The maximum atomic E-state index is 13.2. The predicted octanol–water partition coefficient (Wildman–Crippen LogP) is 4.85. The van der Waals surface area contributed by atoms with E-state index in [4.69, 9.17) is 4.74 Å². The van der Waals surface area contributed by atoms with Crippen LogP contribution >= 0.6 is 22.6 Å². The van der Waals surface area contributed by atoms with Crippen LogP contribution in [0.1, 0.15) is 58.4 Å². The topological polar surface area (TPSA) is 55.4 Å². The molecule has 27 heavy (non-hydrogen) atoms. The number of carbonyl (C=O) groups is 2. The van der Waals surface area contributed by atoms with Crippen molar-refractivity contribution < 1.29 is 14.3 Å². The molecule has 1 aromatic carbocycles. The molecule has 1 atom stereocenters. The van der Waals surface area contributed by atoms with Crippen LogP contribution in [0.15, 0.2) is 46.8 Å². The summed E-state index contributed by atoms with van der Waals surface area (Å²) >= 11 is 2.27. The number of hydrogen-bond donors (Lipinski definition) is 1. The third-order valence-corrected chi connectivity index (χ3v) is 5.83. The van der Waals surface area contributed by atoms with Gasteiger partial charge in [-0.3, -0.25) is 4.79 Å². The monoisotopic (exact) mass is 479 g/mol. The summed E-state index contributed by atoms with van der Waals surface area (Å²) in [6, 6.07) is 8.05. The van der Waals surface area contributed by atoms with Gasteiger partial charge in [0.15, 0.2) is 5.78 Å². The molecule has 2 aliphatic rings. The van der Waals surface area contributed by atoms with E-state index in [9.17, 15) is 9.59 Å². The van der Waals surface area contributed by atoms with Crippen LogP contribution in [-0.4, -0.2) is 18.4 Å². The minimum absolute atomic E-state index is 0.0845. The van der Waals surface area contributed by atoms with Crippen LogP contribution in [0.5, 0.6) is 0 Å². The van der Waals surface area contributed by atoms with Crippen LogP contribution in [0.2, 0.25) is 0 Å². The van der Waals surface area contributed by atoms with Crippen LogP contribution in [0, 0.1) is 8.99 Å². The second kappa shape index (κ2) is 7.78. The van der Waals surface area contributed by atoms with E-state index in [1.54, 1.807) is 6.92 Å². The highest BCUT2D eigenvalue weighted by Crippen LogP contribution is 2.47. The van der Waals surface area contributed by atoms with Crippen molar-refractivity contribution in [1.29, 1.82) is 0 Å². The number of dihydropyridines is 1. The molecule has 0 aromatic heterocycles. The van der Waals surface area contributed by atoms with Gasteiger partial charge in [-0.1, -0.05) is 32.9 Å².